The summed E-state index contributed by atoms with van der Waals surface area (Å²) in [4.78, 5) is 0. The number of sulfone groups is 1. The van der Waals surface area contributed by atoms with Crippen molar-refractivity contribution >= 4 is 9.84 Å². The van der Waals surface area contributed by atoms with Crippen LogP contribution in [0.25, 0.3) is 0 Å². The molecule has 1 N–H and O–H groups in total. The van der Waals surface area contributed by atoms with E-state index in [0.29, 0.717) is 18.0 Å². The SMILES string of the molecule is COc1ccc(OC)c(C2CS(=O)(=O)CCN2)c1. The van der Waals surface area contributed by atoms with Crippen LogP contribution in [0.3, 0.4) is 0 Å². The van der Waals surface area contributed by atoms with E-state index in [1.807, 2.05) is 6.07 Å². The van der Waals surface area contributed by atoms with Crippen LogP contribution in [0.15, 0.2) is 18.2 Å². The molecule has 1 fully saturated rings. The highest BCUT2D eigenvalue weighted by atomic mass is 32.2. The quantitative estimate of drug-likeness (QED) is 0.879. The number of rotatable bonds is 3. The summed E-state index contributed by atoms with van der Waals surface area (Å²) in [6.07, 6.45) is 0. The third-order valence-corrected chi connectivity index (χ3v) is 4.70. The van der Waals surface area contributed by atoms with E-state index in [1.54, 1.807) is 26.4 Å². The average Bonchev–Trinajstić information content (AvgIpc) is 2.36. The van der Waals surface area contributed by atoms with Crippen LogP contribution in [0.5, 0.6) is 11.5 Å². The predicted octanol–water partition coefficient (Wildman–Crippen LogP) is 0.763. The third kappa shape index (κ3) is 2.76. The van der Waals surface area contributed by atoms with Crippen LogP contribution in [-0.2, 0) is 9.84 Å². The monoisotopic (exact) mass is 271 g/mol. The second-order valence-electron chi connectivity index (χ2n) is 4.23. The van der Waals surface area contributed by atoms with E-state index in [9.17, 15) is 8.42 Å². The van der Waals surface area contributed by atoms with Crippen molar-refractivity contribution in [2.24, 2.45) is 0 Å². The van der Waals surface area contributed by atoms with Crippen molar-refractivity contribution in [2.75, 3.05) is 32.3 Å². The lowest BCUT2D eigenvalue weighted by molar-refractivity contribution is 0.391. The third-order valence-electron chi connectivity index (χ3n) is 3.04. The minimum absolute atomic E-state index is 0.0938. The fourth-order valence-corrected chi connectivity index (χ4v) is 3.50. The van der Waals surface area contributed by atoms with Crippen LogP contribution in [0.2, 0.25) is 0 Å². The molecule has 0 amide bonds. The molecular weight excluding hydrogens is 254 g/mol. The van der Waals surface area contributed by atoms with E-state index in [-0.39, 0.29) is 17.5 Å². The Morgan fingerprint density at radius 3 is 2.67 bits per heavy atom. The molecule has 1 unspecified atom stereocenters. The summed E-state index contributed by atoms with van der Waals surface area (Å²) in [6, 6.07) is 5.16. The molecule has 2 rings (SSSR count). The van der Waals surface area contributed by atoms with E-state index in [4.69, 9.17) is 9.47 Å². The maximum absolute atomic E-state index is 11.7. The topological polar surface area (TPSA) is 64.6 Å². The van der Waals surface area contributed by atoms with Gasteiger partial charge in [-0.05, 0) is 18.2 Å². The number of hydrogen-bond donors (Lipinski definition) is 1. The van der Waals surface area contributed by atoms with Gasteiger partial charge in [0, 0.05) is 18.2 Å². The Morgan fingerprint density at radius 1 is 1.28 bits per heavy atom. The first-order valence-corrected chi connectivity index (χ1v) is 7.53. The van der Waals surface area contributed by atoms with Crippen LogP contribution in [0.1, 0.15) is 11.6 Å². The second-order valence-corrected chi connectivity index (χ2v) is 6.46. The molecule has 5 nitrogen and oxygen atoms in total. The molecule has 100 valence electrons. The van der Waals surface area contributed by atoms with Crippen LogP contribution < -0.4 is 14.8 Å². The standard InChI is InChI=1S/C12H17NO4S/c1-16-9-3-4-12(17-2)10(7-9)11-8-18(14,15)6-5-13-11/h3-4,7,11,13H,5-6,8H2,1-2H3. The first kappa shape index (κ1) is 13.2. The van der Waals surface area contributed by atoms with Gasteiger partial charge in [0.1, 0.15) is 11.5 Å². The van der Waals surface area contributed by atoms with Gasteiger partial charge in [0.15, 0.2) is 9.84 Å². The maximum atomic E-state index is 11.7. The zero-order valence-electron chi connectivity index (χ0n) is 10.5. The number of nitrogens with one attached hydrogen (secondary N) is 1. The summed E-state index contributed by atoms with van der Waals surface area (Å²) in [5, 5.41) is 3.20. The molecule has 0 bridgehead atoms. The average molecular weight is 271 g/mol. The van der Waals surface area contributed by atoms with Gasteiger partial charge in [-0.3, -0.25) is 0 Å². The van der Waals surface area contributed by atoms with Gasteiger partial charge in [-0.25, -0.2) is 8.42 Å². The van der Waals surface area contributed by atoms with E-state index < -0.39 is 9.84 Å². The Balaban J connectivity index is 2.36. The number of benzene rings is 1. The van der Waals surface area contributed by atoms with E-state index in [1.165, 1.54) is 0 Å². The minimum atomic E-state index is -2.98. The molecule has 0 radical (unpaired) electrons. The summed E-state index contributed by atoms with van der Waals surface area (Å²) in [6.45, 7) is 0.466. The Morgan fingerprint density at radius 2 is 2.06 bits per heavy atom. The Hall–Kier alpha value is -1.27. The molecule has 0 saturated carbocycles. The van der Waals surface area contributed by atoms with Gasteiger partial charge in [-0.15, -0.1) is 0 Å². The summed E-state index contributed by atoms with van der Waals surface area (Å²) in [5.74, 6) is 1.65. The first-order valence-electron chi connectivity index (χ1n) is 5.71. The number of hydrogen-bond acceptors (Lipinski definition) is 5. The molecule has 1 saturated heterocycles. The van der Waals surface area contributed by atoms with E-state index in [0.717, 1.165) is 5.56 Å². The van der Waals surface area contributed by atoms with Crippen molar-refractivity contribution in [3.05, 3.63) is 23.8 Å². The highest BCUT2D eigenvalue weighted by Gasteiger charge is 2.27. The summed E-state index contributed by atoms with van der Waals surface area (Å²) in [5.41, 5.74) is 0.820. The van der Waals surface area contributed by atoms with Crippen molar-refractivity contribution in [2.45, 2.75) is 6.04 Å². The molecule has 6 heteroatoms. The van der Waals surface area contributed by atoms with E-state index >= 15 is 0 Å². The lowest BCUT2D eigenvalue weighted by atomic mass is 10.1. The van der Waals surface area contributed by atoms with E-state index in [2.05, 4.69) is 5.32 Å². The lowest BCUT2D eigenvalue weighted by Crippen LogP contribution is -2.39. The molecule has 0 aliphatic carbocycles. The van der Waals surface area contributed by atoms with Gasteiger partial charge in [-0.1, -0.05) is 0 Å². The lowest BCUT2D eigenvalue weighted by Gasteiger charge is -2.25. The summed E-state index contributed by atoms with van der Waals surface area (Å²) < 4.78 is 33.8. The molecule has 1 aromatic carbocycles. The number of ether oxygens (including phenoxy) is 2. The molecule has 1 aromatic rings. The summed E-state index contributed by atoms with van der Waals surface area (Å²) in [7, 11) is 0.169. The van der Waals surface area contributed by atoms with Gasteiger partial charge in [0.25, 0.3) is 0 Å². The van der Waals surface area contributed by atoms with Crippen LogP contribution in [-0.4, -0.2) is 40.7 Å². The molecule has 0 spiro atoms. The minimum Gasteiger partial charge on any atom is -0.497 e. The predicted molar refractivity (Wildman–Crippen MR) is 68.9 cm³/mol. The molecule has 1 aliphatic heterocycles. The zero-order valence-corrected chi connectivity index (χ0v) is 11.3. The molecule has 18 heavy (non-hydrogen) atoms. The summed E-state index contributed by atoms with van der Waals surface area (Å²) >= 11 is 0. The Kier molecular flexibility index (Phi) is 3.77. The number of methoxy groups -OCH3 is 2. The molecule has 1 heterocycles. The fourth-order valence-electron chi connectivity index (χ4n) is 2.10. The van der Waals surface area contributed by atoms with Gasteiger partial charge in [-0.2, -0.15) is 0 Å². The maximum Gasteiger partial charge on any atom is 0.153 e. The van der Waals surface area contributed by atoms with Crippen molar-refractivity contribution in [1.82, 2.24) is 5.32 Å². The van der Waals surface area contributed by atoms with Crippen molar-refractivity contribution < 1.29 is 17.9 Å². The molecule has 1 atom stereocenters. The normalized spacial score (nSPS) is 22.4. The van der Waals surface area contributed by atoms with Crippen LogP contribution >= 0.6 is 0 Å². The first-order chi connectivity index (χ1) is 8.55. The fraction of sp³-hybridized carbons (Fsp3) is 0.500. The van der Waals surface area contributed by atoms with Crippen molar-refractivity contribution in [3.8, 4) is 11.5 Å². The Bertz CT molecular complexity index is 527. The highest BCUT2D eigenvalue weighted by Crippen LogP contribution is 2.31. The van der Waals surface area contributed by atoms with Crippen molar-refractivity contribution in [3.63, 3.8) is 0 Å². The zero-order chi connectivity index (χ0) is 13.2. The van der Waals surface area contributed by atoms with Gasteiger partial charge in [0.05, 0.1) is 25.7 Å². The van der Waals surface area contributed by atoms with Gasteiger partial charge >= 0.3 is 0 Å². The van der Waals surface area contributed by atoms with Crippen LogP contribution in [0.4, 0.5) is 0 Å². The smallest absolute Gasteiger partial charge is 0.153 e. The van der Waals surface area contributed by atoms with Crippen LogP contribution in [0, 0.1) is 0 Å². The molecular formula is C12H17NO4S. The second kappa shape index (κ2) is 5.16. The largest absolute Gasteiger partial charge is 0.497 e. The van der Waals surface area contributed by atoms with Gasteiger partial charge < -0.3 is 14.8 Å². The van der Waals surface area contributed by atoms with Crippen molar-refractivity contribution in [1.29, 1.82) is 0 Å². The molecule has 0 aromatic heterocycles. The Labute approximate surface area is 107 Å². The highest BCUT2D eigenvalue weighted by molar-refractivity contribution is 7.91. The molecule has 1 aliphatic rings. The van der Waals surface area contributed by atoms with Gasteiger partial charge in [0.2, 0.25) is 0 Å².